The van der Waals surface area contributed by atoms with Gasteiger partial charge in [-0.05, 0) is 37.6 Å². The summed E-state index contributed by atoms with van der Waals surface area (Å²) in [5, 5.41) is 3.86. The lowest BCUT2D eigenvalue weighted by Crippen LogP contribution is -2.50. The molecule has 1 aliphatic carbocycles. The molecule has 0 aliphatic heterocycles. The van der Waals surface area contributed by atoms with Gasteiger partial charge in [-0.2, -0.15) is 0 Å². The molecule has 5 atom stereocenters. The summed E-state index contributed by atoms with van der Waals surface area (Å²) in [5.41, 5.74) is 0. The monoisotopic (exact) mass is 275 g/mol. The van der Waals surface area contributed by atoms with Gasteiger partial charge in [-0.3, -0.25) is 4.21 Å². The molecule has 0 heterocycles. The van der Waals surface area contributed by atoms with Crippen LogP contribution in [0.4, 0.5) is 0 Å². The van der Waals surface area contributed by atoms with Crippen molar-refractivity contribution in [2.75, 3.05) is 26.0 Å². The summed E-state index contributed by atoms with van der Waals surface area (Å²) in [5.74, 6) is 2.08. The van der Waals surface area contributed by atoms with Gasteiger partial charge in [-0.15, -0.1) is 0 Å². The largest absolute Gasteiger partial charge is 0.385 e. The molecule has 18 heavy (non-hydrogen) atoms. The van der Waals surface area contributed by atoms with Crippen LogP contribution in [0, 0.1) is 11.8 Å². The average Bonchev–Trinajstić information content (AvgIpc) is 2.28. The molecule has 1 fully saturated rings. The molecule has 4 heteroatoms. The van der Waals surface area contributed by atoms with E-state index < -0.39 is 10.8 Å². The van der Waals surface area contributed by atoms with Gasteiger partial charge in [-0.25, -0.2) is 0 Å². The Labute approximate surface area is 115 Å². The number of ether oxygens (including phenoxy) is 1. The highest BCUT2D eigenvalue weighted by molar-refractivity contribution is 7.85. The van der Waals surface area contributed by atoms with Crippen molar-refractivity contribution in [3.63, 3.8) is 0 Å². The molecule has 1 aliphatic rings. The van der Waals surface area contributed by atoms with E-state index in [9.17, 15) is 4.21 Å². The third-order valence-corrected chi connectivity index (χ3v) is 5.94. The molecule has 0 aromatic rings. The molecule has 0 spiro atoms. The van der Waals surface area contributed by atoms with Crippen LogP contribution in [0.3, 0.4) is 0 Å². The second kappa shape index (κ2) is 8.28. The van der Waals surface area contributed by atoms with Gasteiger partial charge in [0.2, 0.25) is 0 Å². The van der Waals surface area contributed by atoms with E-state index in [-0.39, 0.29) is 0 Å². The van der Waals surface area contributed by atoms with E-state index in [1.54, 1.807) is 7.11 Å². The fourth-order valence-electron chi connectivity index (χ4n) is 3.21. The van der Waals surface area contributed by atoms with E-state index in [4.69, 9.17) is 4.74 Å². The average molecular weight is 275 g/mol. The molecule has 1 N–H and O–H groups in total. The maximum atomic E-state index is 12.5. The summed E-state index contributed by atoms with van der Waals surface area (Å²) in [6.07, 6.45) is 3.28. The maximum absolute atomic E-state index is 12.5. The minimum atomic E-state index is -0.727. The Morgan fingerprint density at radius 2 is 2.06 bits per heavy atom. The molecule has 0 aromatic carbocycles. The zero-order chi connectivity index (χ0) is 13.5. The molecule has 0 radical (unpaired) electrons. The molecule has 0 amide bonds. The summed E-state index contributed by atoms with van der Waals surface area (Å²) < 4.78 is 17.5. The van der Waals surface area contributed by atoms with E-state index in [2.05, 4.69) is 26.1 Å². The highest BCUT2D eigenvalue weighted by Gasteiger charge is 2.36. The van der Waals surface area contributed by atoms with Crippen LogP contribution in [0.15, 0.2) is 0 Å². The molecule has 5 unspecified atom stereocenters. The number of hydrogen-bond acceptors (Lipinski definition) is 3. The molecular weight excluding hydrogens is 246 g/mol. The predicted octanol–water partition coefficient (Wildman–Crippen LogP) is 2.18. The third kappa shape index (κ3) is 4.63. The van der Waals surface area contributed by atoms with E-state index in [1.165, 1.54) is 12.8 Å². The first-order valence-corrected chi connectivity index (χ1v) is 8.57. The number of rotatable bonds is 7. The van der Waals surface area contributed by atoms with Gasteiger partial charge in [0.05, 0.1) is 5.25 Å². The highest BCUT2D eigenvalue weighted by Crippen LogP contribution is 2.32. The molecule has 3 nitrogen and oxygen atoms in total. The SMILES string of the molecule is CCNC1CC(C)CC(C)C1S(=O)CCCOC. The molecular formula is C14H29NO2S. The van der Waals surface area contributed by atoms with Crippen LogP contribution in [0.25, 0.3) is 0 Å². The molecule has 1 saturated carbocycles. The lowest BCUT2D eigenvalue weighted by molar-refractivity contribution is 0.199. The Morgan fingerprint density at radius 3 is 2.67 bits per heavy atom. The second-order valence-corrected chi connectivity index (χ2v) is 7.33. The Morgan fingerprint density at radius 1 is 1.33 bits per heavy atom. The Kier molecular flexibility index (Phi) is 7.42. The van der Waals surface area contributed by atoms with Crippen LogP contribution in [0.2, 0.25) is 0 Å². The quantitative estimate of drug-likeness (QED) is 0.724. The topological polar surface area (TPSA) is 38.3 Å². The first kappa shape index (κ1) is 16.1. The summed E-state index contributed by atoms with van der Waals surface area (Å²) in [6.45, 7) is 8.39. The maximum Gasteiger partial charge on any atom is 0.0526 e. The summed E-state index contributed by atoms with van der Waals surface area (Å²) in [6, 6.07) is 0.428. The lowest BCUT2D eigenvalue weighted by Gasteiger charge is -2.39. The van der Waals surface area contributed by atoms with E-state index >= 15 is 0 Å². The molecule has 0 bridgehead atoms. The zero-order valence-electron chi connectivity index (χ0n) is 12.3. The van der Waals surface area contributed by atoms with Gasteiger partial charge in [0.15, 0.2) is 0 Å². The van der Waals surface area contributed by atoms with E-state index in [0.717, 1.165) is 31.2 Å². The van der Waals surface area contributed by atoms with Gasteiger partial charge >= 0.3 is 0 Å². The smallest absolute Gasteiger partial charge is 0.0526 e. The van der Waals surface area contributed by atoms with E-state index in [1.807, 2.05) is 0 Å². The van der Waals surface area contributed by atoms with Gasteiger partial charge < -0.3 is 10.1 Å². The predicted molar refractivity (Wildman–Crippen MR) is 78.3 cm³/mol. The first-order valence-electron chi connectivity index (χ1n) is 7.19. The van der Waals surface area contributed by atoms with Crippen LogP contribution < -0.4 is 5.32 Å². The van der Waals surface area contributed by atoms with Crippen molar-refractivity contribution < 1.29 is 8.95 Å². The normalized spacial score (nSPS) is 34.4. The molecule has 0 saturated heterocycles. The van der Waals surface area contributed by atoms with Crippen molar-refractivity contribution in [3.8, 4) is 0 Å². The van der Waals surface area contributed by atoms with Gasteiger partial charge in [0.25, 0.3) is 0 Å². The van der Waals surface area contributed by atoms with Gasteiger partial charge in [-0.1, -0.05) is 20.8 Å². The summed E-state index contributed by atoms with van der Waals surface area (Å²) in [7, 11) is 0.977. The lowest BCUT2D eigenvalue weighted by atomic mass is 9.80. The number of hydrogen-bond donors (Lipinski definition) is 1. The standard InChI is InChI=1S/C14H29NO2S/c1-5-15-13-10-11(2)9-12(3)14(13)18(16)8-6-7-17-4/h11-15H,5-10H2,1-4H3. The molecule has 0 aromatic heterocycles. The summed E-state index contributed by atoms with van der Waals surface area (Å²) in [4.78, 5) is 0. The van der Waals surface area contributed by atoms with Crippen molar-refractivity contribution in [3.05, 3.63) is 0 Å². The Balaban J connectivity index is 2.59. The van der Waals surface area contributed by atoms with Gasteiger partial charge in [0, 0.05) is 36.3 Å². The minimum Gasteiger partial charge on any atom is -0.385 e. The third-order valence-electron chi connectivity index (χ3n) is 3.85. The molecule has 1 rings (SSSR count). The van der Waals surface area contributed by atoms with Crippen LogP contribution in [0.5, 0.6) is 0 Å². The minimum absolute atomic E-state index is 0.318. The van der Waals surface area contributed by atoms with Crippen molar-refractivity contribution >= 4 is 10.8 Å². The highest BCUT2D eigenvalue weighted by atomic mass is 32.2. The van der Waals surface area contributed by atoms with Crippen molar-refractivity contribution in [1.82, 2.24) is 5.32 Å². The van der Waals surface area contributed by atoms with Crippen molar-refractivity contribution in [2.24, 2.45) is 11.8 Å². The van der Waals surface area contributed by atoms with Crippen LogP contribution in [-0.2, 0) is 15.5 Å². The summed E-state index contributed by atoms with van der Waals surface area (Å²) >= 11 is 0. The zero-order valence-corrected chi connectivity index (χ0v) is 13.1. The fraction of sp³-hybridized carbons (Fsp3) is 1.00. The Bertz CT molecular complexity index is 260. The van der Waals surface area contributed by atoms with Gasteiger partial charge in [0.1, 0.15) is 0 Å². The Hall–Kier alpha value is 0.0700. The van der Waals surface area contributed by atoms with Crippen molar-refractivity contribution in [1.29, 1.82) is 0 Å². The van der Waals surface area contributed by atoms with Crippen LogP contribution in [0.1, 0.15) is 40.0 Å². The number of nitrogens with one attached hydrogen (secondary N) is 1. The van der Waals surface area contributed by atoms with Crippen LogP contribution >= 0.6 is 0 Å². The van der Waals surface area contributed by atoms with Crippen LogP contribution in [-0.4, -0.2) is 41.5 Å². The van der Waals surface area contributed by atoms with Crippen molar-refractivity contribution in [2.45, 2.75) is 51.3 Å². The van der Waals surface area contributed by atoms with E-state index in [0.29, 0.717) is 17.2 Å². The second-order valence-electron chi connectivity index (χ2n) is 5.61. The molecule has 108 valence electrons. The number of methoxy groups -OCH3 is 1. The fourth-order valence-corrected chi connectivity index (χ4v) is 5.09. The first-order chi connectivity index (χ1) is 8.60.